The van der Waals surface area contributed by atoms with Crippen LogP contribution in [0.3, 0.4) is 0 Å². The second-order valence-corrected chi connectivity index (χ2v) is 6.46. The van der Waals surface area contributed by atoms with E-state index in [1.165, 1.54) is 18.3 Å². The molecule has 0 aliphatic heterocycles. The lowest BCUT2D eigenvalue weighted by Gasteiger charge is -2.09. The Labute approximate surface area is 188 Å². The number of benzene rings is 1. The Morgan fingerprint density at radius 3 is 2.55 bits per heavy atom. The highest BCUT2D eigenvalue weighted by Crippen LogP contribution is 2.14. The van der Waals surface area contributed by atoms with Crippen LogP contribution in [0.2, 0.25) is 0 Å². The molecule has 3 rings (SSSR count). The van der Waals surface area contributed by atoms with Crippen LogP contribution in [0.4, 0.5) is 23.7 Å². The van der Waals surface area contributed by atoms with Crippen LogP contribution in [0, 0.1) is 10.1 Å². The number of hydrazone groups is 1. The summed E-state index contributed by atoms with van der Waals surface area (Å²) >= 11 is 0. The van der Waals surface area contributed by atoms with Gasteiger partial charge in [0.05, 0.1) is 18.7 Å². The summed E-state index contributed by atoms with van der Waals surface area (Å²) in [6.45, 7) is 2.92. The van der Waals surface area contributed by atoms with Crippen molar-refractivity contribution in [3.63, 3.8) is 0 Å². The maximum Gasteiger partial charge on any atom is 0.433 e. The number of rotatable bonds is 12. The summed E-state index contributed by atoms with van der Waals surface area (Å²) in [5.41, 5.74) is 3.52. The van der Waals surface area contributed by atoms with Crippen LogP contribution >= 0.6 is 0 Å². The van der Waals surface area contributed by atoms with E-state index in [4.69, 9.17) is 9.15 Å². The number of nitrogens with one attached hydrogen (secondary N) is 3. The van der Waals surface area contributed by atoms with Gasteiger partial charge in [0, 0.05) is 13.1 Å². The minimum absolute atomic E-state index is 0.118. The van der Waals surface area contributed by atoms with Crippen LogP contribution in [0.1, 0.15) is 24.7 Å². The zero-order chi connectivity index (χ0) is 23.5. The molecular formula is C20H22N8O5. The number of furan rings is 1. The van der Waals surface area contributed by atoms with Crippen molar-refractivity contribution in [3.8, 4) is 0 Å². The molecule has 0 amide bonds. The molecule has 33 heavy (non-hydrogen) atoms. The van der Waals surface area contributed by atoms with E-state index in [9.17, 15) is 14.9 Å². The average Bonchev–Trinajstić information content (AvgIpc) is 3.28. The van der Waals surface area contributed by atoms with Crippen molar-refractivity contribution in [2.75, 3.05) is 29.1 Å². The first-order valence-corrected chi connectivity index (χ1v) is 10.00. The molecule has 0 atom stereocenters. The van der Waals surface area contributed by atoms with Crippen LogP contribution in [0.25, 0.3) is 0 Å². The fraction of sp³-hybridized carbons (Fsp3) is 0.250. The third-order valence-corrected chi connectivity index (χ3v) is 3.97. The van der Waals surface area contributed by atoms with E-state index in [0.717, 1.165) is 5.56 Å². The number of nitro groups is 1. The summed E-state index contributed by atoms with van der Waals surface area (Å²) in [6, 6.07) is 12.0. The number of hydrogen-bond donors (Lipinski definition) is 3. The number of carbonyl (C=O) groups excluding carboxylic acids is 1. The molecule has 0 radical (unpaired) electrons. The van der Waals surface area contributed by atoms with Gasteiger partial charge in [0.25, 0.3) is 0 Å². The second kappa shape index (κ2) is 11.7. The number of nitrogens with zero attached hydrogens (tertiary/aromatic N) is 5. The zero-order valence-electron chi connectivity index (χ0n) is 17.7. The number of carbonyl (C=O) groups is 1. The molecule has 3 aromatic rings. The number of aromatic nitrogens is 3. The van der Waals surface area contributed by atoms with Gasteiger partial charge in [0.2, 0.25) is 17.8 Å². The molecule has 0 bridgehead atoms. The van der Waals surface area contributed by atoms with Gasteiger partial charge in [0.1, 0.15) is 11.5 Å². The fourth-order valence-electron chi connectivity index (χ4n) is 2.49. The maximum absolute atomic E-state index is 12.0. The van der Waals surface area contributed by atoms with Crippen LogP contribution in [0.15, 0.2) is 52.0 Å². The summed E-state index contributed by atoms with van der Waals surface area (Å²) in [7, 11) is 0. The van der Waals surface area contributed by atoms with E-state index in [1.807, 2.05) is 37.3 Å². The molecule has 0 unspecified atom stereocenters. The van der Waals surface area contributed by atoms with E-state index in [2.05, 4.69) is 36.1 Å². The Morgan fingerprint density at radius 1 is 1.12 bits per heavy atom. The third kappa shape index (κ3) is 7.57. The molecule has 1 aromatic carbocycles. The highest BCUT2D eigenvalue weighted by molar-refractivity contribution is 5.76. The van der Waals surface area contributed by atoms with Crippen molar-refractivity contribution in [1.82, 2.24) is 15.0 Å². The Morgan fingerprint density at radius 2 is 1.85 bits per heavy atom. The third-order valence-electron chi connectivity index (χ3n) is 3.97. The molecule has 172 valence electrons. The summed E-state index contributed by atoms with van der Waals surface area (Å²) < 4.78 is 10.2. The Hall–Kier alpha value is -4.55. The van der Waals surface area contributed by atoms with Gasteiger partial charge in [-0.05, 0) is 18.6 Å². The van der Waals surface area contributed by atoms with Crippen LogP contribution < -0.4 is 16.1 Å². The zero-order valence-corrected chi connectivity index (χ0v) is 17.7. The van der Waals surface area contributed by atoms with Crippen molar-refractivity contribution in [2.45, 2.75) is 20.0 Å². The maximum atomic E-state index is 12.0. The standard InChI is InChI=1S/C20H22N8O5/c1-2-21-18-24-19(22-11-10-17(29)32-13-14-6-4-3-5-7-14)26-20(25-18)27-23-12-15-8-9-16(33-15)28(30)31/h3-9,12H,2,10-11,13H2,1H3,(H3,21,22,24,25,26,27)/b23-12+. The van der Waals surface area contributed by atoms with Crippen molar-refractivity contribution >= 4 is 35.9 Å². The SMILES string of the molecule is CCNc1nc(NCCC(=O)OCc2ccccc2)nc(N/N=C/c2ccc([N+](=O)[O-])o2)n1. The molecule has 2 heterocycles. The number of hydrogen-bond acceptors (Lipinski definition) is 12. The Bertz CT molecular complexity index is 1100. The van der Waals surface area contributed by atoms with Crippen molar-refractivity contribution < 1.29 is 18.9 Å². The molecule has 0 aliphatic rings. The van der Waals surface area contributed by atoms with Gasteiger partial charge in [-0.3, -0.25) is 14.9 Å². The summed E-state index contributed by atoms with van der Waals surface area (Å²) in [5, 5.41) is 20.5. The Kier molecular flexibility index (Phi) is 8.22. The van der Waals surface area contributed by atoms with Crippen LogP contribution in [-0.4, -0.2) is 45.1 Å². The van der Waals surface area contributed by atoms with E-state index < -0.39 is 4.92 Å². The smallest absolute Gasteiger partial charge is 0.433 e. The summed E-state index contributed by atoms with van der Waals surface area (Å²) in [6.07, 6.45) is 1.37. The molecule has 0 saturated heterocycles. The molecule has 0 saturated carbocycles. The van der Waals surface area contributed by atoms with E-state index in [0.29, 0.717) is 12.5 Å². The van der Waals surface area contributed by atoms with E-state index >= 15 is 0 Å². The fourth-order valence-corrected chi connectivity index (χ4v) is 2.49. The quantitative estimate of drug-likeness (QED) is 0.159. The first-order valence-electron chi connectivity index (χ1n) is 10.00. The minimum Gasteiger partial charge on any atom is -0.461 e. The first-order chi connectivity index (χ1) is 16.0. The lowest BCUT2D eigenvalue weighted by atomic mass is 10.2. The highest BCUT2D eigenvalue weighted by Gasteiger charge is 2.11. The monoisotopic (exact) mass is 454 g/mol. The van der Waals surface area contributed by atoms with Gasteiger partial charge < -0.3 is 19.8 Å². The number of anilines is 3. The minimum atomic E-state index is -0.644. The van der Waals surface area contributed by atoms with Gasteiger partial charge in [-0.15, -0.1) is 0 Å². The van der Waals surface area contributed by atoms with Crippen LogP contribution in [0.5, 0.6) is 0 Å². The molecule has 0 aliphatic carbocycles. The highest BCUT2D eigenvalue weighted by atomic mass is 16.6. The lowest BCUT2D eigenvalue weighted by Crippen LogP contribution is -2.15. The molecule has 2 aromatic heterocycles. The molecule has 13 nitrogen and oxygen atoms in total. The van der Waals surface area contributed by atoms with Crippen molar-refractivity contribution in [1.29, 1.82) is 0 Å². The van der Waals surface area contributed by atoms with Gasteiger partial charge in [-0.2, -0.15) is 20.1 Å². The topological polar surface area (TPSA) is 170 Å². The predicted octanol–water partition coefficient (Wildman–Crippen LogP) is 2.80. The average molecular weight is 454 g/mol. The summed E-state index contributed by atoms with van der Waals surface area (Å²) in [5.74, 6) is 0.0775. The van der Waals surface area contributed by atoms with Gasteiger partial charge >= 0.3 is 11.9 Å². The molecule has 13 heteroatoms. The van der Waals surface area contributed by atoms with Crippen molar-refractivity contribution in [2.24, 2.45) is 5.10 Å². The lowest BCUT2D eigenvalue weighted by molar-refractivity contribution is -0.402. The van der Waals surface area contributed by atoms with E-state index in [-0.39, 0.29) is 49.1 Å². The number of esters is 1. The largest absolute Gasteiger partial charge is 0.461 e. The van der Waals surface area contributed by atoms with E-state index in [1.54, 1.807) is 0 Å². The van der Waals surface area contributed by atoms with Crippen molar-refractivity contribution in [3.05, 3.63) is 63.9 Å². The first kappa shape index (κ1) is 23.1. The molecular weight excluding hydrogens is 432 g/mol. The second-order valence-electron chi connectivity index (χ2n) is 6.46. The van der Waals surface area contributed by atoms with Gasteiger partial charge in [-0.1, -0.05) is 30.3 Å². The normalized spacial score (nSPS) is 10.7. The van der Waals surface area contributed by atoms with Gasteiger partial charge in [-0.25, -0.2) is 5.43 Å². The molecule has 0 fully saturated rings. The summed E-state index contributed by atoms with van der Waals surface area (Å²) in [4.78, 5) is 34.5. The van der Waals surface area contributed by atoms with Gasteiger partial charge in [0.15, 0.2) is 5.76 Å². The molecule has 3 N–H and O–H groups in total. The predicted molar refractivity (Wildman–Crippen MR) is 120 cm³/mol. The van der Waals surface area contributed by atoms with Crippen LogP contribution in [-0.2, 0) is 16.1 Å². The Balaban J connectivity index is 1.53. The number of ether oxygens (including phenoxy) is 1. The molecule has 0 spiro atoms.